The van der Waals surface area contributed by atoms with Gasteiger partial charge in [0.1, 0.15) is 6.61 Å². The quantitative estimate of drug-likeness (QED) is 0.170. The summed E-state index contributed by atoms with van der Waals surface area (Å²) in [5, 5.41) is 5.82. The van der Waals surface area contributed by atoms with Gasteiger partial charge in [0.15, 0.2) is 8.32 Å². The van der Waals surface area contributed by atoms with E-state index < -0.39 is 8.32 Å². The maximum Gasteiger partial charge on any atom is 0.250 e. The monoisotopic (exact) mass is 580 g/mol. The first-order valence-electron chi connectivity index (χ1n) is 14.4. The lowest BCUT2D eigenvalue weighted by atomic mass is 10.0. The van der Waals surface area contributed by atoms with E-state index in [-0.39, 0.29) is 10.6 Å². The number of benzene rings is 2. The van der Waals surface area contributed by atoms with Gasteiger partial charge >= 0.3 is 0 Å². The Balaban J connectivity index is 1.29. The molecule has 0 aliphatic carbocycles. The maximum atomic E-state index is 12.6. The minimum Gasteiger partial charge on any atom is -0.471 e. The van der Waals surface area contributed by atoms with Gasteiger partial charge in [-0.05, 0) is 54.4 Å². The fourth-order valence-corrected chi connectivity index (χ4v) is 5.71. The van der Waals surface area contributed by atoms with Crippen molar-refractivity contribution in [2.45, 2.75) is 59.0 Å². The van der Waals surface area contributed by atoms with Gasteiger partial charge in [0, 0.05) is 48.6 Å². The molecule has 7 nitrogen and oxygen atoms in total. The van der Waals surface area contributed by atoms with Gasteiger partial charge in [-0.15, -0.1) is 5.10 Å². The summed E-state index contributed by atoms with van der Waals surface area (Å²) in [6, 6.07) is 22.1. The van der Waals surface area contributed by atoms with Crippen LogP contribution < -0.4 is 10.3 Å². The van der Waals surface area contributed by atoms with Crippen LogP contribution in [0.15, 0.2) is 83.9 Å². The standard InChI is InChI=1S/C34H40N4O3Si/c1-24-20-27-10-8-9-11-30(27)35-32(24)26-14-12-25(13-15-26)23-40-33-29(22-37(5)36-33)28-16-17-31(39)38(21-28)18-19-41-42(6,7)34(2,3)4/h8-17,20-22H,18-19,23H2,1-7H3. The Hall–Kier alpha value is -4.01. The van der Waals surface area contributed by atoms with Crippen LogP contribution in [0.1, 0.15) is 31.9 Å². The van der Waals surface area contributed by atoms with Gasteiger partial charge in [-0.25, -0.2) is 4.98 Å². The highest BCUT2D eigenvalue weighted by Crippen LogP contribution is 2.36. The van der Waals surface area contributed by atoms with E-state index in [0.717, 1.165) is 44.4 Å². The Morgan fingerprint density at radius 1 is 0.929 bits per heavy atom. The number of aromatic nitrogens is 4. The number of rotatable bonds is 9. The van der Waals surface area contributed by atoms with Crippen LogP contribution in [0.4, 0.5) is 0 Å². The van der Waals surface area contributed by atoms with E-state index in [1.165, 1.54) is 0 Å². The number of aryl methyl sites for hydroxylation is 2. The zero-order valence-electron chi connectivity index (χ0n) is 25.6. The summed E-state index contributed by atoms with van der Waals surface area (Å²) in [6.45, 7) is 14.6. The van der Waals surface area contributed by atoms with Crippen molar-refractivity contribution in [2.24, 2.45) is 7.05 Å². The van der Waals surface area contributed by atoms with Gasteiger partial charge in [0.05, 0.1) is 23.4 Å². The third-order valence-electron chi connectivity index (χ3n) is 8.21. The van der Waals surface area contributed by atoms with Crippen LogP contribution in [-0.2, 0) is 24.6 Å². The molecule has 0 radical (unpaired) electrons. The molecule has 8 heteroatoms. The van der Waals surface area contributed by atoms with Crippen LogP contribution in [0.2, 0.25) is 18.1 Å². The predicted molar refractivity (Wildman–Crippen MR) is 172 cm³/mol. The first kappa shape index (κ1) is 29.5. The van der Waals surface area contributed by atoms with E-state index in [1.807, 2.05) is 43.7 Å². The van der Waals surface area contributed by atoms with Crippen molar-refractivity contribution >= 4 is 19.2 Å². The Morgan fingerprint density at radius 2 is 1.64 bits per heavy atom. The van der Waals surface area contributed by atoms with E-state index in [9.17, 15) is 4.79 Å². The predicted octanol–water partition coefficient (Wildman–Crippen LogP) is 7.37. The lowest BCUT2D eigenvalue weighted by molar-refractivity contribution is 0.270. The summed E-state index contributed by atoms with van der Waals surface area (Å²) in [4.78, 5) is 17.5. The number of para-hydroxylation sites is 1. The molecule has 0 aliphatic rings. The Kier molecular flexibility index (Phi) is 8.21. The molecule has 0 saturated carbocycles. The second kappa shape index (κ2) is 11.7. The van der Waals surface area contributed by atoms with E-state index in [1.54, 1.807) is 15.3 Å². The molecule has 0 N–H and O–H groups in total. The molecule has 0 fully saturated rings. The number of ether oxygens (including phenoxy) is 1. The van der Waals surface area contributed by atoms with Crippen molar-refractivity contribution in [1.29, 1.82) is 0 Å². The smallest absolute Gasteiger partial charge is 0.250 e. The van der Waals surface area contributed by atoms with Crippen LogP contribution in [0.5, 0.6) is 5.88 Å². The van der Waals surface area contributed by atoms with Crippen LogP contribution in [0, 0.1) is 6.92 Å². The highest BCUT2D eigenvalue weighted by atomic mass is 28.4. The van der Waals surface area contributed by atoms with Gasteiger partial charge in [0.25, 0.3) is 5.56 Å². The third kappa shape index (κ3) is 6.40. The Morgan fingerprint density at radius 3 is 2.38 bits per heavy atom. The molecule has 5 aromatic rings. The second-order valence-corrected chi connectivity index (χ2v) is 17.2. The maximum absolute atomic E-state index is 12.6. The molecular formula is C34H40N4O3Si. The van der Waals surface area contributed by atoms with Crippen LogP contribution in [0.25, 0.3) is 33.3 Å². The second-order valence-electron chi connectivity index (χ2n) is 12.4. The van der Waals surface area contributed by atoms with Crippen molar-refractivity contribution < 1.29 is 9.16 Å². The highest BCUT2D eigenvalue weighted by Gasteiger charge is 2.36. The average Bonchev–Trinajstić information content (AvgIpc) is 3.32. The van der Waals surface area contributed by atoms with Crippen LogP contribution >= 0.6 is 0 Å². The topological polar surface area (TPSA) is 71.2 Å². The molecule has 2 aromatic carbocycles. The number of nitrogens with zero attached hydrogens (tertiary/aromatic N) is 4. The Labute approximate surface area is 248 Å². The van der Waals surface area contributed by atoms with Crippen molar-refractivity contribution in [3.05, 3.63) is 101 Å². The number of hydrogen-bond donors (Lipinski definition) is 0. The molecule has 3 aromatic heterocycles. The van der Waals surface area contributed by atoms with Crippen LogP contribution in [0.3, 0.4) is 0 Å². The average molecular weight is 581 g/mol. The first-order chi connectivity index (χ1) is 19.9. The number of fused-ring (bicyclic) bond motifs is 1. The van der Waals surface area contributed by atoms with Crippen molar-refractivity contribution in [2.75, 3.05) is 6.61 Å². The van der Waals surface area contributed by atoms with Crippen molar-refractivity contribution in [1.82, 2.24) is 19.3 Å². The third-order valence-corrected chi connectivity index (χ3v) is 12.7. The molecule has 218 valence electrons. The van der Waals surface area contributed by atoms with E-state index >= 15 is 0 Å². The van der Waals surface area contributed by atoms with Gasteiger partial charge in [-0.1, -0.05) is 63.2 Å². The summed E-state index contributed by atoms with van der Waals surface area (Å²) in [5.41, 5.74) is 6.87. The summed E-state index contributed by atoms with van der Waals surface area (Å²) >= 11 is 0. The summed E-state index contributed by atoms with van der Waals surface area (Å²) in [5.74, 6) is 0.524. The van der Waals surface area contributed by atoms with Crippen LogP contribution in [-0.4, -0.2) is 34.3 Å². The van der Waals surface area contributed by atoms with Gasteiger partial charge in [-0.2, -0.15) is 0 Å². The summed E-state index contributed by atoms with van der Waals surface area (Å²) in [6.07, 6.45) is 3.79. The van der Waals surface area contributed by atoms with Gasteiger partial charge in [0.2, 0.25) is 5.88 Å². The lowest BCUT2D eigenvalue weighted by Crippen LogP contribution is -2.41. The summed E-state index contributed by atoms with van der Waals surface area (Å²) < 4.78 is 16.0. The number of pyridine rings is 2. The minimum atomic E-state index is -1.89. The molecule has 0 unspecified atom stereocenters. The van der Waals surface area contributed by atoms with E-state index in [4.69, 9.17) is 14.1 Å². The molecule has 0 amide bonds. The molecular weight excluding hydrogens is 540 g/mol. The van der Waals surface area contributed by atoms with Gasteiger partial charge < -0.3 is 13.7 Å². The molecule has 5 rings (SSSR count). The fourth-order valence-electron chi connectivity index (χ4n) is 4.68. The minimum absolute atomic E-state index is 0.0554. The fraction of sp³-hybridized carbons (Fsp3) is 0.324. The molecule has 3 heterocycles. The Bertz CT molecular complexity index is 1760. The SMILES string of the molecule is Cc1cc2ccccc2nc1-c1ccc(COc2nn(C)cc2-c2ccc(=O)n(CCO[Si](C)(C)C(C)(C)C)c2)cc1. The van der Waals surface area contributed by atoms with Gasteiger partial charge in [-0.3, -0.25) is 9.48 Å². The largest absolute Gasteiger partial charge is 0.471 e. The summed E-state index contributed by atoms with van der Waals surface area (Å²) in [7, 11) is -0.0233. The zero-order valence-corrected chi connectivity index (χ0v) is 26.6. The van der Waals surface area contributed by atoms with E-state index in [2.05, 4.69) is 82.3 Å². The van der Waals surface area contributed by atoms with Crippen molar-refractivity contribution in [3.8, 4) is 28.3 Å². The number of hydrogen-bond acceptors (Lipinski definition) is 5. The molecule has 0 atom stereocenters. The highest BCUT2D eigenvalue weighted by molar-refractivity contribution is 6.74. The van der Waals surface area contributed by atoms with Crippen molar-refractivity contribution in [3.63, 3.8) is 0 Å². The molecule has 42 heavy (non-hydrogen) atoms. The molecule has 0 aliphatic heterocycles. The lowest BCUT2D eigenvalue weighted by Gasteiger charge is -2.36. The van der Waals surface area contributed by atoms with E-state index in [0.29, 0.717) is 25.6 Å². The normalized spacial score (nSPS) is 12.2. The molecule has 0 bridgehead atoms. The first-order valence-corrected chi connectivity index (χ1v) is 17.3. The molecule has 0 spiro atoms. The zero-order chi connectivity index (χ0) is 30.1. The molecule has 0 saturated heterocycles.